The number of anilines is 1. The molecule has 6 nitrogen and oxygen atoms in total. The van der Waals surface area contributed by atoms with Gasteiger partial charge >= 0.3 is 6.09 Å². The van der Waals surface area contributed by atoms with E-state index >= 15 is 0 Å². The van der Waals surface area contributed by atoms with Gasteiger partial charge in [-0.2, -0.15) is 0 Å². The average molecular weight is 433 g/mol. The van der Waals surface area contributed by atoms with Crippen LogP contribution in [0, 0.1) is 6.92 Å². The van der Waals surface area contributed by atoms with Crippen LogP contribution in [0.15, 0.2) is 48.5 Å². The Morgan fingerprint density at radius 1 is 1.10 bits per heavy atom. The van der Waals surface area contributed by atoms with E-state index in [1.165, 1.54) is 0 Å². The van der Waals surface area contributed by atoms with Crippen molar-refractivity contribution < 1.29 is 19.1 Å². The van der Waals surface area contributed by atoms with E-state index in [0.717, 1.165) is 11.1 Å². The molecule has 0 saturated carbocycles. The zero-order chi connectivity index (χ0) is 22.3. The molecule has 7 heteroatoms. The zero-order valence-electron chi connectivity index (χ0n) is 18.0. The monoisotopic (exact) mass is 432 g/mol. The number of halogens is 1. The van der Waals surface area contributed by atoms with Crippen LogP contribution in [0.4, 0.5) is 10.5 Å². The van der Waals surface area contributed by atoms with Gasteiger partial charge in [-0.1, -0.05) is 48.0 Å². The summed E-state index contributed by atoms with van der Waals surface area (Å²) < 4.78 is 11.2. The van der Waals surface area contributed by atoms with Crippen LogP contribution in [0.5, 0.6) is 0 Å². The van der Waals surface area contributed by atoms with Crippen LogP contribution in [0.1, 0.15) is 38.8 Å². The van der Waals surface area contributed by atoms with Gasteiger partial charge in [0.05, 0.1) is 12.7 Å². The Morgan fingerprint density at radius 3 is 2.40 bits per heavy atom. The second-order valence-electron chi connectivity index (χ2n) is 8.07. The lowest BCUT2D eigenvalue weighted by molar-refractivity contribution is -0.122. The highest BCUT2D eigenvalue weighted by molar-refractivity contribution is 6.31. The number of hydrogen-bond donors (Lipinski definition) is 2. The first-order valence-corrected chi connectivity index (χ1v) is 10.1. The molecule has 0 unspecified atom stereocenters. The summed E-state index contributed by atoms with van der Waals surface area (Å²) in [4.78, 5) is 25.4. The maximum absolute atomic E-state index is 13.0. The third kappa shape index (κ3) is 7.69. The lowest BCUT2D eigenvalue weighted by Crippen LogP contribution is -2.52. The molecule has 2 aromatic carbocycles. The molecule has 0 fully saturated rings. The largest absolute Gasteiger partial charge is 0.444 e. The van der Waals surface area contributed by atoms with Crippen molar-refractivity contribution in [2.24, 2.45) is 0 Å². The number of carbonyl (C=O) groups excluding carboxylic acids is 2. The lowest BCUT2D eigenvalue weighted by atomic mass is 10.1. The molecule has 0 spiro atoms. The van der Waals surface area contributed by atoms with E-state index in [1.807, 2.05) is 43.3 Å². The predicted molar refractivity (Wildman–Crippen MR) is 119 cm³/mol. The van der Waals surface area contributed by atoms with Crippen molar-refractivity contribution in [2.75, 3.05) is 5.32 Å². The van der Waals surface area contributed by atoms with Crippen LogP contribution in [0.25, 0.3) is 0 Å². The number of carbonyl (C=O) groups is 2. The highest BCUT2D eigenvalue weighted by atomic mass is 35.5. The maximum atomic E-state index is 13.0. The predicted octanol–water partition coefficient (Wildman–Crippen LogP) is 5.09. The summed E-state index contributed by atoms with van der Waals surface area (Å²) in [6, 6.07) is 13.8. The van der Waals surface area contributed by atoms with E-state index in [4.69, 9.17) is 21.1 Å². The molecule has 30 heavy (non-hydrogen) atoms. The van der Waals surface area contributed by atoms with Crippen LogP contribution >= 0.6 is 11.6 Å². The minimum atomic E-state index is -0.970. The van der Waals surface area contributed by atoms with Gasteiger partial charge in [-0.05, 0) is 57.9 Å². The molecule has 0 saturated heterocycles. The molecule has 162 valence electrons. The molecule has 0 bridgehead atoms. The second kappa shape index (κ2) is 10.5. The minimum Gasteiger partial charge on any atom is -0.444 e. The fourth-order valence-electron chi connectivity index (χ4n) is 2.67. The van der Waals surface area contributed by atoms with Gasteiger partial charge in [0.25, 0.3) is 0 Å². The van der Waals surface area contributed by atoms with E-state index in [1.54, 1.807) is 39.8 Å². The number of benzene rings is 2. The summed E-state index contributed by atoms with van der Waals surface area (Å²) in [7, 11) is 0. The molecular weight excluding hydrogens is 404 g/mol. The Balaban J connectivity index is 2.15. The van der Waals surface area contributed by atoms with Crippen molar-refractivity contribution in [2.45, 2.75) is 59.0 Å². The molecule has 2 amide bonds. The number of ether oxygens (including phenoxy) is 2. The first kappa shape index (κ1) is 23.7. The van der Waals surface area contributed by atoms with Crippen molar-refractivity contribution in [3.05, 3.63) is 64.7 Å². The van der Waals surface area contributed by atoms with Gasteiger partial charge in [0.15, 0.2) is 0 Å². The minimum absolute atomic E-state index is 0.304. The maximum Gasteiger partial charge on any atom is 0.408 e. The van der Waals surface area contributed by atoms with Gasteiger partial charge in [0.1, 0.15) is 11.6 Å². The quantitative estimate of drug-likeness (QED) is 0.639. The lowest BCUT2D eigenvalue weighted by Gasteiger charge is -2.27. The van der Waals surface area contributed by atoms with Gasteiger partial charge in [0, 0.05) is 10.7 Å². The number of amides is 2. The van der Waals surface area contributed by atoms with Crippen LogP contribution in [-0.2, 0) is 20.9 Å². The van der Waals surface area contributed by atoms with E-state index in [-0.39, 0.29) is 0 Å². The topological polar surface area (TPSA) is 76.7 Å². The van der Waals surface area contributed by atoms with Crippen molar-refractivity contribution in [1.29, 1.82) is 0 Å². The second-order valence-corrected chi connectivity index (χ2v) is 8.51. The highest BCUT2D eigenvalue weighted by Gasteiger charge is 2.30. The fraction of sp³-hybridized carbons (Fsp3) is 0.391. The summed E-state index contributed by atoms with van der Waals surface area (Å²) in [5, 5.41) is 5.96. The van der Waals surface area contributed by atoms with Gasteiger partial charge in [-0.15, -0.1) is 0 Å². The van der Waals surface area contributed by atoms with Crippen LogP contribution < -0.4 is 10.6 Å². The Hall–Kier alpha value is -2.57. The van der Waals surface area contributed by atoms with E-state index in [2.05, 4.69) is 10.6 Å². The number of aryl methyl sites for hydroxylation is 1. The van der Waals surface area contributed by atoms with Gasteiger partial charge in [-0.25, -0.2) is 4.79 Å². The number of nitrogens with one attached hydrogen (secondary N) is 2. The number of hydrogen-bond acceptors (Lipinski definition) is 4. The molecular formula is C23H29ClN2O4. The first-order chi connectivity index (χ1) is 14.0. The Labute approximate surface area is 182 Å². The summed E-state index contributed by atoms with van der Waals surface area (Å²) in [6.07, 6.45) is -1.31. The molecule has 2 rings (SSSR count). The van der Waals surface area contributed by atoms with Crippen molar-refractivity contribution in [3.8, 4) is 0 Å². The SMILES string of the molecule is Cc1ccc(Cl)cc1NC(=O)[C@@H](NC(=O)OC(C)(C)C)[C@@H](C)OCc1ccccc1. The molecule has 0 aliphatic rings. The normalized spacial score (nSPS) is 13.3. The summed E-state index contributed by atoms with van der Waals surface area (Å²) in [6.45, 7) is 9.16. The van der Waals surface area contributed by atoms with Crippen molar-refractivity contribution in [3.63, 3.8) is 0 Å². The first-order valence-electron chi connectivity index (χ1n) is 9.77. The van der Waals surface area contributed by atoms with Crippen molar-refractivity contribution in [1.82, 2.24) is 5.32 Å². The average Bonchev–Trinajstić information content (AvgIpc) is 2.66. The standard InChI is InChI=1S/C23H29ClN2O4/c1-15-11-12-18(24)13-19(15)25-21(27)20(26-22(28)30-23(3,4)5)16(2)29-14-17-9-7-6-8-10-17/h6-13,16,20H,14H2,1-5H3,(H,25,27)(H,26,28)/t16-,20+/m1/s1. The van der Waals surface area contributed by atoms with Gasteiger partial charge in [0.2, 0.25) is 5.91 Å². The molecule has 0 radical (unpaired) electrons. The summed E-state index contributed by atoms with van der Waals surface area (Å²) >= 11 is 6.05. The molecule has 0 aliphatic carbocycles. The third-order valence-electron chi connectivity index (χ3n) is 4.24. The smallest absolute Gasteiger partial charge is 0.408 e. The van der Waals surface area contributed by atoms with Crippen LogP contribution in [-0.4, -0.2) is 29.7 Å². The molecule has 0 aromatic heterocycles. The number of rotatable bonds is 7. The van der Waals surface area contributed by atoms with Crippen LogP contribution in [0.3, 0.4) is 0 Å². The van der Waals surface area contributed by atoms with Gasteiger partial charge in [-0.3, -0.25) is 4.79 Å². The molecule has 2 N–H and O–H groups in total. The third-order valence-corrected chi connectivity index (χ3v) is 4.47. The summed E-state index contributed by atoms with van der Waals surface area (Å²) in [5.41, 5.74) is 1.69. The fourth-order valence-corrected chi connectivity index (χ4v) is 2.84. The van der Waals surface area contributed by atoms with Crippen molar-refractivity contribution >= 4 is 29.3 Å². The van der Waals surface area contributed by atoms with E-state index in [9.17, 15) is 9.59 Å². The Morgan fingerprint density at radius 2 is 1.77 bits per heavy atom. The number of alkyl carbamates (subject to hydrolysis) is 1. The molecule has 2 atom stereocenters. The molecule has 2 aromatic rings. The highest BCUT2D eigenvalue weighted by Crippen LogP contribution is 2.21. The molecule has 0 heterocycles. The van der Waals surface area contributed by atoms with Gasteiger partial charge < -0.3 is 20.1 Å². The van der Waals surface area contributed by atoms with E-state index in [0.29, 0.717) is 17.3 Å². The Bertz CT molecular complexity index is 865. The zero-order valence-corrected chi connectivity index (χ0v) is 18.7. The molecule has 0 aliphatic heterocycles. The van der Waals surface area contributed by atoms with E-state index < -0.39 is 29.7 Å². The summed E-state index contributed by atoms with van der Waals surface area (Å²) in [5.74, 6) is -0.424. The Kier molecular flexibility index (Phi) is 8.26. The van der Waals surface area contributed by atoms with Crippen LogP contribution in [0.2, 0.25) is 5.02 Å².